The lowest BCUT2D eigenvalue weighted by molar-refractivity contribution is -0.143. The summed E-state index contributed by atoms with van der Waals surface area (Å²) in [5.41, 5.74) is 5.76. The monoisotopic (exact) mass is 731 g/mol. The number of hydrogen-bond donors (Lipinski definition) is 4. The quantitative estimate of drug-likeness (QED) is 0.0611. The molecule has 0 aliphatic heterocycles. The van der Waals surface area contributed by atoms with Crippen molar-refractivity contribution in [3.05, 3.63) is 91.0 Å². The summed E-state index contributed by atoms with van der Waals surface area (Å²) >= 11 is 0.848. The molecule has 3 aromatic rings. The highest BCUT2D eigenvalue weighted by Crippen LogP contribution is 2.55. The fraction of sp³-hybridized carbons (Fsp3) is 0.324. The van der Waals surface area contributed by atoms with Gasteiger partial charge in [-0.2, -0.15) is 0 Å². The van der Waals surface area contributed by atoms with Crippen LogP contribution in [0.25, 0.3) is 0 Å². The topological polar surface area (TPSA) is 137 Å². The van der Waals surface area contributed by atoms with Gasteiger partial charge in [0, 0.05) is 18.6 Å². The number of carbonyl (C=O) groups is 4. The maximum atomic E-state index is 13.0. The van der Waals surface area contributed by atoms with Crippen LogP contribution in [0, 0.1) is 0 Å². The van der Waals surface area contributed by atoms with Crippen molar-refractivity contribution in [3.8, 4) is 0 Å². The number of carbonyl (C=O) groups excluding carboxylic acids is 4. The van der Waals surface area contributed by atoms with Gasteiger partial charge in [0.1, 0.15) is 41.8 Å². The van der Waals surface area contributed by atoms with E-state index in [4.69, 9.17) is 10.5 Å². The van der Waals surface area contributed by atoms with Crippen LogP contribution in [0.1, 0.15) is 26.2 Å². The summed E-state index contributed by atoms with van der Waals surface area (Å²) in [7, 11) is -0.773. The lowest BCUT2D eigenvalue weighted by Gasteiger charge is -2.27. The maximum absolute atomic E-state index is 13.0. The Morgan fingerprint density at radius 1 is 0.891 bits per heavy atom. The fourth-order valence-electron chi connectivity index (χ4n) is 4.92. The molecule has 2 atom stereocenters. The molecule has 0 spiro atoms. The number of methoxy groups -OCH3 is 1. The summed E-state index contributed by atoms with van der Waals surface area (Å²) < 4.78 is 9.52. The zero-order valence-electron chi connectivity index (χ0n) is 26.1. The van der Waals surface area contributed by atoms with Gasteiger partial charge in [0.15, 0.2) is 0 Å². The number of esters is 2. The number of rotatable bonds is 17. The molecule has 0 aliphatic rings. The summed E-state index contributed by atoms with van der Waals surface area (Å²) in [5.74, 6) is -1.79. The van der Waals surface area contributed by atoms with Crippen LogP contribution in [0.15, 0.2) is 91.0 Å². The number of halogens is 1. The molecule has 2 amide bonds. The lowest BCUT2D eigenvalue weighted by atomic mass is 10.1. The third-order valence-electron chi connectivity index (χ3n) is 7.15. The van der Waals surface area contributed by atoms with Crippen molar-refractivity contribution in [2.75, 3.05) is 32.2 Å². The predicted molar refractivity (Wildman–Crippen MR) is 185 cm³/mol. The minimum Gasteiger partial charge on any atom is -1.00 e. The van der Waals surface area contributed by atoms with Crippen LogP contribution < -0.4 is 49.3 Å². The second-order valence-corrected chi connectivity index (χ2v) is 14.9. The molecule has 3 aromatic carbocycles. The summed E-state index contributed by atoms with van der Waals surface area (Å²) in [6, 6.07) is 30.0. The van der Waals surface area contributed by atoms with Crippen LogP contribution in [0.2, 0.25) is 0 Å². The molecule has 12 heteroatoms. The SMILES string of the molecule is CCOC(=O)CNC(=O)[C@H](C[SH]=CCC[P+](c1ccccc1)(c1ccccc1)c1ccccc1)NC(=O)CC[C@H](N)C(=O)OC.[Br-]. The molecular weight excluding hydrogens is 689 g/mol. The van der Waals surface area contributed by atoms with Crippen molar-refractivity contribution in [2.45, 2.75) is 38.3 Å². The lowest BCUT2D eigenvalue weighted by Crippen LogP contribution is -3.00. The van der Waals surface area contributed by atoms with Gasteiger partial charge in [-0.15, -0.1) is 0 Å². The van der Waals surface area contributed by atoms with Crippen molar-refractivity contribution in [1.29, 1.82) is 0 Å². The molecule has 3 rings (SSSR count). The molecule has 0 fully saturated rings. The molecule has 0 unspecified atom stereocenters. The zero-order valence-corrected chi connectivity index (χ0v) is 29.5. The molecule has 0 bridgehead atoms. The first-order valence-corrected chi connectivity index (χ1v) is 18.0. The van der Waals surface area contributed by atoms with Gasteiger partial charge in [-0.1, -0.05) is 60.0 Å². The standard InChI is InChI=1S/C34H42N3O6PS.BrH/c1-3-43-32(39)24-36-33(40)30(37-31(38)21-20-29(35)34(41)42-2)25-45-23-13-22-44(26-14-7-4-8-15-26,27-16-9-5-10-17-27)28-18-11-6-12-19-28;/h4-12,14-19,23,29-30,45H,3,13,20-22,24-25,35H2,1-2H3,(H-,36,37,38,40);1H/t29-,30-;/m0./s1. The molecule has 0 saturated carbocycles. The van der Waals surface area contributed by atoms with Crippen LogP contribution in [0.3, 0.4) is 0 Å². The van der Waals surface area contributed by atoms with Gasteiger partial charge in [0.25, 0.3) is 0 Å². The number of benzene rings is 3. The van der Waals surface area contributed by atoms with Crippen molar-refractivity contribution < 1.29 is 45.6 Å². The van der Waals surface area contributed by atoms with Gasteiger partial charge in [-0.3, -0.25) is 19.2 Å². The first-order valence-electron chi connectivity index (χ1n) is 14.9. The minimum atomic E-state index is -2.00. The smallest absolute Gasteiger partial charge is 0.325 e. The Balaban J connectivity index is 0.00000736. The van der Waals surface area contributed by atoms with Crippen LogP contribution in [0.4, 0.5) is 0 Å². The third-order valence-corrected chi connectivity index (χ3v) is 12.7. The highest BCUT2D eigenvalue weighted by atomic mass is 79.9. The van der Waals surface area contributed by atoms with E-state index < -0.39 is 43.1 Å². The number of thiol groups is 1. The van der Waals surface area contributed by atoms with Gasteiger partial charge in [0.2, 0.25) is 11.8 Å². The second kappa shape index (κ2) is 20.7. The Kier molecular flexibility index (Phi) is 17.5. The Morgan fingerprint density at radius 2 is 1.41 bits per heavy atom. The van der Waals surface area contributed by atoms with Crippen LogP contribution in [-0.4, -0.2) is 73.4 Å². The van der Waals surface area contributed by atoms with E-state index >= 15 is 0 Å². The van der Waals surface area contributed by atoms with E-state index in [1.54, 1.807) is 6.92 Å². The maximum Gasteiger partial charge on any atom is 0.325 e. The summed E-state index contributed by atoms with van der Waals surface area (Å²) in [6.07, 6.45) is 1.67. The molecular formula is C34H43BrN3O6PS. The summed E-state index contributed by atoms with van der Waals surface area (Å²) in [5, 5.41) is 11.3. The first-order chi connectivity index (χ1) is 21.8. The normalized spacial score (nSPS) is 12.5. The first kappa shape index (κ1) is 38.8. The number of amides is 2. The molecule has 0 aliphatic carbocycles. The van der Waals surface area contributed by atoms with E-state index in [2.05, 4.69) is 93.5 Å². The van der Waals surface area contributed by atoms with E-state index in [1.807, 2.05) is 18.2 Å². The number of nitrogens with one attached hydrogen (secondary N) is 2. The van der Waals surface area contributed by atoms with Crippen molar-refractivity contribution in [2.24, 2.45) is 5.73 Å². The van der Waals surface area contributed by atoms with Crippen LogP contribution in [-0.2, 0) is 28.7 Å². The second-order valence-electron chi connectivity index (χ2n) is 10.2. The number of nitrogens with two attached hydrogens (primary N) is 1. The number of ether oxygens (including phenoxy) is 2. The minimum absolute atomic E-state index is 0. The Labute approximate surface area is 286 Å². The average Bonchev–Trinajstić information content (AvgIpc) is 3.08. The Hall–Kier alpha value is -3.37. The largest absolute Gasteiger partial charge is 1.00 e. The van der Waals surface area contributed by atoms with Gasteiger partial charge in [-0.25, -0.2) is 11.4 Å². The molecule has 0 saturated heterocycles. The van der Waals surface area contributed by atoms with E-state index in [1.165, 1.54) is 23.0 Å². The highest BCUT2D eigenvalue weighted by Gasteiger charge is 2.44. The molecule has 46 heavy (non-hydrogen) atoms. The van der Waals surface area contributed by atoms with Crippen molar-refractivity contribution in [1.82, 2.24) is 10.6 Å². The molecule has 9 nitrogen and oxygen atoms in total. The third kappa shape index (κ3) is 11.5. The van der Waals surface area contributed by atoms with Crippen LogP contribution in [0.5, 0.6) is 0 Å². The average molecular weight is 733 g/mol. The van der Waals surface area contributed by atoms with Gasteiger partial charge in [-0.05, 0) is 49.7 Å². The zero-order chi connectivity index (χ0) is 32.5. The van der Waals surface area contributed by atoms with E-state index in [0.717, 1.165) is 23.9 Å². The molecule has 4 N–H and O–H groups in total. The van der Waals surface area contributed by atoms with E-state index in [-0.39, 0.29) is 43.0 Å². The van der Waals surface area contributed by atoms with E-state index in [9.17, 15) is 19.2 Å². The summed E-state index contributed by atoms with van der Waals surface area (Å²) in [4.78, 5) is 49.2. The molecule has 0 heterocycles. The Morgan fingerprint density at radius 3 is 1.89 bits per heavy atom. The van der Waals surface area contributed by atoms with Gasteiger partial charge in [0.05, 0.1) is 19.9 Å². The summed E-state index contributed by atoms with van der Waals surface area (Å²) in [6.45, 7) is 1.58. The number of hydrogen-bond acceptors (Lipinski definition) is 7. The highest BCUT2D eigenvalue weighted by molar-refractivity contribution is 7.98. The molecule has 248 valence electrons. The predicted octanol–water partition coefficient (Wildman–Crippen LogP) is -0.913. The van der Waals surface area contributed by atoms with Crippen molar-refractivity contribution >= 4 is 63.6 Å². The molecule has 0 radical (unpaired) electrons. The van der Waals surface area contributed by atoms with Gasteiger partial charge < -0.3 is 42.8 Å². The Bertz CT molecular complexity index is 1320. The van der Waals surface area contributed by atoms with Crippen LogP contribution >= 0.6 is 18.6 Å². The fourth-order valence-corrected chi connectivity index (χ4v) is 10.3. The van der Waals surface area contributed by atoms with Crippen molar-refractivity contribution in [3.63, 3.8) is 0 Å². The van der Waals surface area contributed by atoms with Gasteiger partial charge >= 0.3 is 11.9 Å². The molecule has 0 aromatic heterocycles. The van der Waals surface area contributed by atoms with E-state index in [0.29, 0.717) is 5.75 Å².